The number of aliphatic hydroxyl groups excluding tert-OH is 2. The molecule has 0 bridgehead atoms. The molecule has 0 aliphatic carbocycles. The SMILES string of the molecule is C[C@@H](O)CC[C@@H](O)Cc1cccc(O)c1. The highest BCUT2D eigenvalue weighted by atomic mass is 16.3. The maximum atomic E-state index is 9.65. The highest BCUT2D eigenvalue weighted by Crippen LogP contribution is 2.14. The van der Waals surface area contributed by atoms with Crippen molar-refractivity contribution in [1.29, 1.82) is 0 Å². The van der Waals surface area contributed by atoms with Crippen LogP contribution in [0.2, 0.25) is 0 Å². The summed E-state index contributed by atoms with van der Waals surface area (Å²) < 4.78 is 0. The third kappa shape index (κ3) is 4.81. The Kier molecular flexibility index (Phi) is 4.59. The van der Waals surface area contributed by atoms with E-state index >= 15 is 0 Å². The van der Waals surface area contributed by atoms with E-state index in [1.54, 1.807) is 25.1 Å². The van der Waals surface area contributed by atoms with Gasteiger partial charge in [0.05, 0.1) is 12.2 Å². The van der Waals surface area contributed by atoms with Crippen molar-refractivity contribution in [1.82, 2.24) is 0 Å². The molecule has 0 saturated carbocycles. The Balaban J connectivity index is 2.40. The largest absolute Gasteiger partial charge is 0.508 e. The first-order valence-corrected chi connectivity index (χ1v) is 5.22. The van der Waals surface area contributed by atoms with Gasteiger partial charge in [-0.2, -0.15) is 0 Å². The summed E-state index contributed by atoms with van der Waals surface area (Å²) >= 11 is 0. The second-order valence-corrected chi connectivity index (χ2v) is 3.95. The van der Waals surface area contributed by atoms with E-state index in [2.05, 4.69) is 0 Å². The molecular weight excluding hydrogens is 192 g/mol. The van der Waals surface area contributed by atoms with Gasteiger partial charge in [-0.3, -0.25) is 0 Å². The fraction of sp³-hybridized carbons (Fsp3) is 0.500. The van der Waals surface area contributed by atoms with Gasteiger partial charge in [0, 0.05) is 0 Å². The fourth-order valence-electron chi connectivity index (χ4n) is 1.49. The summed E-state index contributed by atoms with van der Waals surface area (Å²) in [6, 6.07) is 6.87. The van der Waals surface area contributed by atoms with Gasteiger partial charge in [0.25, 0.3) is 0 Å². The predicted molar refractivity (Wildman–Crippen MR) is 58.7 cm³/mol. The number of aliphatic hydroxyl groups is 2. The molecule has 3 heteroatoms. The molecule has 0 aliphatic heterocycles. The molecule has 0 amide bonds. The number of hydrogen-bond acceptors (Lipinski definition) is 3. The smallest absolute Gasteiger partial charge is 0.115 e. The maximum absolute atomic E-state index is 9.65. The molecule has 0 saturated heterocycles. The van der Waals surface area contributed by atoms with Gasteiger partial charge < -0.3 is 15.3 Å². The van der Waals surface area contributed by atoms with Crippen LogP contribution in [0.1, 0.15) is 25.3 Å². The number of phenolic OH excluding ortho intramolecular Hbond substituents is 1. The van der Waals surface area contributed by atoms with E-state index in [-0.39, 0.29) is 11.9 Å². The van der Waals surface area contributed by atoms with E-state index in [1.807, 2.05) is 6.07 Å². The molecule has 3 nitrogen and oxygen atoms in total. The van der Waals surface area contributed by atoms with Crippen molar-refractivity contribution in [3.05, 3.63) is 29.8 Å². The first-order chi connectivity index (χ1) is 7.08. The molecule has 0 fully saturated rings. The molecule has 84 valence electrons. The zero-order valence-electron chi connectivity index (χ0n) is 8.93. The molecule has 15 heavy (non-hydrogen) atoms. The molecule has 2 atom stereocenters. The van der Waals surface area contributed by atoms with Crippen LogP contribution in [0.3, 0.4) is 0 Å². The van der Waals surface area contributed by atoms with Crippen LogP contribution >= 0.6 is 0 Å². The normalized spacial score (nSPS) is 14.9. The standard InChI is InChI=1S/C12H18O3/c1-9(13)5-6-12(15)8-10-3-2-4-11(14)7-10/h2-4,7,9,12-15H,5-6,8H2,1H3/t9-,12-/m1/s1. The molecule has 3 N–H and O–H groups in total. The van der Waals surface area contributed by atoms with Gasteiger partial charge in [-0.05, 0) is 43.9 Å². The van der Waals surface area contributed by atoms with Crippen molar-refractivity contribution in [3.8, 4) is 5.75 Å². The van der Waals surface area contributed by atoms with E-state index < -0.39 is 6.10 Å². The monoisotopic (exact) mass is 210 g/mol. The van der Waals surface area contributed by atoms with Gasteiger partial charge in [-0.15, -0.1) is 0 Å². The quantitative estimate of drug-likeness (QED) is 0.689. The first-order valence-electron chi connectivity index (χ1n) is 5.22. The predicted octanol–water partition coefficient (Wildman–Crippen LogP) is 1.46. The topological polar surface area (TPSA) is 60.7 Å². The minimum absolute atomic E-state index is 0.218. The Bertz CT molecular complexity index is 297. The lowest BCUT2D eigenvalue weighted by Gasteiger charge is -2.11. The minimum Gasteiger partial charge on any atom is -0.508 e. The van der Waals surface area contributed by atoms with E-state index in [4.69, 9.17) is 5.11 Å². The van der Waals surface area contributed by atoms with E-state index in [9.17, 15) is 10.2 Å². The van der Waals surface area contributed by atoms with Crippen molar-refractivity contribution in [2.45, 2.75) is 38.4 Å². The van der Waals surface area contributed by atoms with Crippen LogP contribution in [0.5, 0.6) is 5.75 Å². The van der Waals surface area contributed by atoms with Gasteiger partial charge in [0.15, 0.2) is 0 Å². The first kappa shape index (κ1) is 12.0. The average Bonchev–Trinajstić information content (AvgIpc) is 2.15. The Labute approximate surface area is 90.0 Å². The molecule has 0 radical (unpaired) electrons. The highest BCUT2D eigenvalue weighted by molar-refractivity contribution is 5.27. The van der Waals surface area contributed by atoms with Crippen LogP contribution in [0.25, 0.3) is 0 Å². The molecule has 0 aliphatic rings. The summed E-state index contributed by atoms with van der Waals surface area (Å²) in [4.78, 5) is 0. The Morgan fingerprint density at radius 1 is 1.20 bits per heavy atom. The zero-order chi connectivity index (χ0) is 11.3. The van der Waals surface area contributed by atoms with Crippen molar-refractivity contribution in [2.75, 3.05) is 0 Å². The molecule has 0 heterocycles. The van der Waals surface area contributed by atoms with E-state index in [1.165, 1.54) is 0 Å². The summed E-state index contributed by atoms with van der Waals surface area (Å²) in [5, 5.41) is 27.9. The van der Waals surface area contributed by atoms with Crippen molar-refractivity contribution < 1.29 is 15.3 Å². The third-order valence-electron chi connectivity index (χ3n) is 2.30. The lowest BCUT2D eigenvalue weighted by atomic mass is 10.0. The van der Waals surface area contributed by atoms with Gasteiger partial charge in [0.2, 0.25) is 0 Å². The average molecular weight is 210 g/mol. The zero-order valence-corrected chi connectivity index (χ0v) is 8.93. The maximum Gasteiger partial charge on any atom is 0.115 e. The Hall–Kier alpha value is -1.06. The molecule has 0 unspecified atom stereocenters. The van der Waals surface area contributed by atoms with Crippen LogP contribution in [0, 0.1) is 0 Å². The number of aromatic hydroxyl groups is 1. The highest BCUT2D eigenvalue weighted by Gasteiger charge is 2.07. The van der Waals surface area contributed by atoms with E-state index in [0.29, 0.717) is 19.3 Å². The van der Waals surface area contributed by atoms with Crippen LogP contribution in [0.15, 0.2) is 24.3 Å². The summed E-state index contributed by atoms with van der Waals surface area (Å²) in [5.41, 5.74) is 0.910. The summed E-state index contributed by atoms with van der Waals surface area (Å²) in [5.74, 6) is 0.218. The van der Waals surface area contributed by atoms with Crippen LogP contribution in [-0.2, 0) is 6.42 Å². The molecule has 1 rings (SSSR count). The van der Waals surface area contributed by atoms with E-state index in [0.717, 1.165) is 5.56 Å². The van der Waals surface area contributed by atoms with Crippen LogP contribution < -0.4 is 0 Å². The number of rotatable bonds is 5. The van der Waals surface area contributed by atoms with Crippen LogP contribution in [-0.4, -0.2) is 27.5 Å². The minimum atomic E-state index is -0.457. The number of phenols is 1. The van der Waals surface area contributed by atoms with Gasteiger partial charge in [-0.25, -0.2) is 0 Å². The van der Waals surface area contributed by atoms with Crippen molar-refractivity contribution >= 4 is 0 Å². The number of benzene rings is 1. The molecular formula is C12H18O3. The lowest BCUT2D eigenvalue weighted by molar-refractivity contribution is 0.123. The lowest BCUT2D eigenvalue weighted by Crippen LogP contribution is -2.13. The van der Waals surface area contributed by atoms with Crippen molar-refractivity contribution in [2.24, 2.45) is 0 Å². The Morgan fingerprint density at radius 2 is 1.93 bits per heavy atom. The second kappa shape index (κ2) is 5.73. The molecule has 1 aromatic rings. The second-order valence-electron chi connectivity index (χ2n) is 3.95. The fourth-order valence-corrected chi connectivity index (χ4v) is 1.49. The molecule has 0 spiro atoms. The van der Waals surface area contributed by atoms with Crippen LogP contribution in [0.4, 0.5) is 0 Å². The summed E-state index contributed by atoms with van der Waals surface area (Å²) in [7, 11) is 0. The Morgan fingerprint density at radius 3 is 2.53 bits per heavy atom. The van der Waals surface area contributed by atoms with Gasteiger partial charge >= 0.3 is 0 Å². The van der Waals surface area contributed by atoms with Gasteiger partial charge in [-0.1, -0.05) is 12.1 Å². The number of hydrogen-bond donors (Lipinski definition) is 3. The van der Waals surface area contributed by atoms with Gasteiger partial charge in [0.1, 0.15) is 5.75 Å². The third-order valence-corrected chi connectivity index (χ3v) is 2.30. The molecule has 0 aromatic heterocycles. The van der Waals surface area contributed by atoms with Crippen molar-refractivity contribution in [3.63, 3.8) is 0 Å². The summed E-state index contributed by atoms with van der Waals surface area (Å²) in [6.07, 6.45) is 0.860. The molecule has 1 aromatic carbocycles. The summed E-state index contributed by atoms with van der Waals surface area (Å²) in [6.45, 7) is 1.71.